The summed E-state index contributed by atoms with van der Waals surface area (Å²) in [6.45, 7) is 4.98. The Kier molecular flexibility index (Phi) is 6.46. The van der Waals surface area contributed by atoms with Gasteiger partial charge in [0.25, 0.3) is 0 Å². The second-order valence-corrected chi connectivity index (χ2v) is 5.68. The molecule has 1 aromatic carbocycles. The van der Waals surface area contributed by atoms with Crippen molar-refractivity contribution in [3.05, 3.63) is 35.9 Å². The van der Waals surface area contributed by atoms with Crippen molar-refractivity contribution in [2.75, 3.05) is 26.7 Å². The number of rotatable bonds is 6. The lowest BCUT2D eigenvalue weighted by Crippen LogP contribution is -2.36. The van der Waals surface area contributed by atoms with E-state index in [-0.39, 0.29) is 12.1 Å². The lowest BCUT2D eigenvalue weighted by Gasteiger charge is -2.28. The normalized spacial score (nSPS) is 17.4. The summed E-state index contributed by atoms with van der Waals surface area (Å²) in [4.78, 5) is 14.3. The first-order valence-electron chi connectivity index (χ1n) is 7.93. The van der Waals surface area contributed by atoms with Crippen LogP contribution in [0.1, 0.15) is 31.7 Å². The molecule has 0 saturated carbocycles. The molecule has 4 heteroatoms. The van der Waals surface area contributed by atoms with E-state index in [1.165, 1.54) is 25.3 Å². The largest absolute Gasteiger partial charge is 0.496 e. The van der Waals surface area contributed by atoms with Crippen LogP contribution in [-0.4, -0.2) is 43.7 Å². The van der Waals surface area contributed by atoms with E-state index in [4.69, 9.17) is 9.47 Å². The first-order chi connectivity index (χ1) is 10.7. The maximum absolute atomic E-state index is 11.9. The van der Waals surface area contributed by atoms with Gasteiger partial charge in [-0.3, -0.25) is 4.90 Å². The third-order valence-electron chi connectivity index (χ3n) is 3.82. The van der Waals surface area contributed by atoms with Crippen LogP contribution in [-0.2, 0) is 9.53 Å². The fourth-order valence-corrected chi connectivity index (χ4v) is 2.74. The predicted molar refractivity (Wildman–Crippen MR) is 87.9 cm³/mol. The van der Waals surface area contributed by atoms with E-state index in [0.717, 1.165) is 30.9 Å². The molecule has 120 valence electrons. The number of para-hydroxylation sites is 1. The average molecular weight is 303 g/mol. The Labute approximate surface area is 132 Å². The molecular weight excluding hydrogens is 278 g/mol. The van der Waals surface area contributed by atoms with Gasteiger partial charge in [-0.2, -0.15) is 0 Å². The Morgan fingerprint density at radius 2 is 2.00 bits per heavy atom. The monoisotopic (exact) mass is 303 g/mol. The summed E-state index contributed by atoms with van der Waals surface area (Å²) in [5, 5.41) is 0. The van der Waals surface area contributed by atoms with Crippen molar-refractivity contribution in [2.24, 2.45) is 0 Å². The van der Waals surface area contributed by atoms with Crippen molar-refractivity contribution in [3.63, 3.8) is 0 Å². The van der Waals surface area contributed by atoms with E-state index in [0.29, 0.717) is 0 Å². The molecular formula is C18H25NO3. The van der Waals surface area contributed by atoms with Gasteiger partial charge in [-0.25, -0.2) is 4.79 Å². The number of hydrogen-bond acceptors (Lipinski definition) is 4. The van der Waals surface area contributed by atoms with Crippen molar-refractivity contribution in [2.45, 2.75) is 32.3 Å². The van der Waals surface area contributed by atoms with Crippen LogP contribution in [0.25, 0.3) is 6.08 Å². The minimum Gasteiger partial charge on any atom is -0.496 e. The summed E-state index contributed by atoms with van der Waals surface area (Å²) in [5.41, 5.74) is 0.866. The van der Waals surface area contributed by atoms with E-state index in [1.807, 2.05) is 31.2 Å². The van der Waals surface area contributed by atoms with E-state index >= 15 is 0 Å². The Bertz CT molecular complexity index is 507. The molecule has 0 amide bonds. The molecule has 1 aliphatic heterocycles. The smallest absolute Gasteiger partial charge is 0.331 e. The first kappa shape index (κ1) is 16.6. The zero-order valence-corrected chi connectivity index (χ0v) is 13.5. The fourth-order valence-electron chi connectivity index (χ4n) is 2.74. The van der Waals surface area contributed by atoms with Crippen molar-refractivity contribution < 1.29 is 14.3 Å². The van der Waals surface area contributed by atoms with Gasteiger partial charge in [0.15, 0.2) is 0 Å². The zero-order chi connectivity index (χ0) is 15.8. The highest BCUT2D eigenvalue weighted by Crippen LogP contribution is 2.18. The molecule has 1 fully saturated rings. The van der Waals surface area contributed by atoms with Crippen LogP contribution in [0, 0.1) is 0 Å². The zero-order valence-electron chi connectivity index (χ0n) is 13.5. The van der Waals surface area contributed by atoms with Crippen molar-refractivity contribution in [3.8, 4) is 5.75 Å². The van der Waals surface area contributed by atoms with Crippen LogP contribution in [0.2, 0.25) is 0 Å². The molecule has 1 saturated heterocycles. The quantitative estimate of drug-likeness (QED) is 0.598. The van der Waals surface area contributed by atoms with Crippen molar-refractivity contribution in [1.82, 2.24) is 4.90 Å². The Balaban J connectivity index is 1.82. The molecule has 0 bridgehead atoms. The van der Waals surface area contributed by atoms with Crippen LogP contribution < -0.4 is 4.74 Å². The second kappa shape index (κ2) is 8.59. The molecule has 4 nitrogen and oxygen atoms in total. The third kappa shape index (κ3) is 5.19. The van der Waals surface area contributed by atoms with Crippen molar-refractivity contribution in [1.29, 1.82) is 0 Å². The Morgan fingerprint density at radius 1 is 1.27 bits per heavy atom. The number of likely N-dealkylation sites (tertiary alicyclic amines) is 1. The molecule has 0 unspecified atom stereocenters. The molecule has 1 atom stereocenters. The summed E-state index contributed by atoms with van der Waals surface area (Å²) >= 11 is 0. The van der Waals surface area contributed by atoms with Gasteiger partial charge in [0, 0.05) is 18.2 Å². The Morgan fingerprint density at radius 3 is 2.73 bits per heavy atom. The van der Waals surface area contributed by atoms with Gasteiger partial charge in [0.1, 0.15) is 11.9 Å². The highest BCUT2D eigenvalue weighted by molar-refractivity contribution is 5.87. The molecule has 2 rings (SSSR count). The average Bonchev–Trinajstić information content (AvgIpc) is 2.54. The van der Waals surface area contributed by atoms with Gasteiger partial charge in [0.2, 0.25) is 0 Å². The van der Waals surface area contributed by atoms with Gasteiger partial charge in [-0.1, -0.05) is 24.6 Å². The predicted octanol–water partition coefficient (Wildman–Crippen LogP) is 3.13. The summed E-state index contributed by atoms with van der Waals surface area (Å²) in [6.07, 6.45) is 6.90. The number of nitrogens with zero attached hydrogens (tertiary/aromatic N) is 1. The van der Waals surface area contributed by atoms with Crippen LogP contribution in [0.15, 0.2) is 30.3 Å². The maximum atomic E-state index is 11.9. The van der Waals surface area contributed by atoms with Crippen molar-refractivity contribution >= 4 is 12.0 Å². The summed E-state index contributed by atoms with van der Waals surface area (Å²) < 4.78 is 10.7. The van der Waals surface area contributed by atoms with Gasteiger partial charge < -0.3 is 9.47 Å². The SMILES string of the molecule is COc1ccccc1/C=C/C(=O)O[C@@H](C)CN1CCCCC1. The number of hydrogen-bond donors (Lipinski definition) is 0. The van der Waals surface area contributed by atoms with E-state index < -0.39 is 0 Å². The highest BCUT2D eigenvalue weighted by atomic mass is 16.5. The molecule has 0 N–H and O–H groups in total. The number of piperidine rings is 1. The molecule has 1 heterocycles. The second-order valence-electron chi connectivity index (χ2n) is 5.68. The number of benzene rings is 1. The fraction of sp³-hybridized carbons (Fsp3) is 0.500. The third-order valence-corrected chi connectivity index (χ3v) is 3.82. The van der Waals surface area contributed by atoms with E-state index in [2.05, 4.69) is 4.90 Å². The number of carbonyl (C=O) groups is 1. The van der Waals surface area contributed by atoms with Crippen LogP contribution >= 0.6 is 0 Å². The minimum absolute atomic E-state index is 0.0899. The number of ether oxygens (including phenoxy) is 2. The molecule has 22 heavy (non-hydrogen) atoms. The van der Waals surface area contributed by atoms with Gasteiger partial charge in [-0.05, 0) is 45.0 Å². The van der Waals surface area contributed by atoms with Crippen LogP contribution in [0.4, 0.5) is 0 Å². The number of methoxy groups -OCH3 is 1. The molecule has 1 aliphatic rings. The number of carbonyl (C=O) groups excluding carboxylic acids is 1. The highest BCUT2D eigenvalue weighted by Gasteiger charge is 2.15. The lowest BCUT2D eigenvalue weighted by atomic mass is 10.1. The summed E-state index contributed by atoms with van der Waals surface area (Å²) in [5.74, 6) is 0.434. The van der Waals surface area contributed by atoms with Gasteiger partial charge in [-0.15, -0.1) is 0 Å². The topological polar surface area (TPSA) is 38.8 Å². The standard InChI is InChI=1S/C18H25NO3/c1-15(14-19-12-6-3-7-13-19)22-18(20)11-10-16-8-4-5-9-17(16)21-2/h4-5,8-11,15H,3,6-7,12-14H2,1-2H3/b11-10+/t15-/m0/s1. The molecule has 0 aliphatic carbocycles. The maximum Gasteiger partial charge on any atom is 0.331 e. The van der Waals surface area contributed by atoms with Crippen LogP contribution in [0.5, 0.6) is 5.75 Å². The van der Waals surface area contributed by atoms with Crippen LogP contribution in [0.3, 0.4) is 0 Å². The van der Waals surface area contributed by atoms with E-state index in [1.54, 1.807) is 13.2 Å². The minimum atomic E-state index is -0.310. The summed E-state index contributed by atoms with van der Waals surface area (Å²) in [6, 6.07) is 7.57. The van der Waals surface area contributed by atoms with Gasteiger partial charge in [0.05, 0.1) is 7.11 Å². The Hall–Kier alpha value is -1.81. The molecule has 1 aromatic rings. The lowest BCUT2D eigenvalue weighted by molar-refractivity contribution is -0.143. The molecule has 0 radical (unpaired) electrons. The summed E-state index contributed by atoms with van der Waals surface area (Å²) in [7, 11) is 1.62. The van der Waals surface area contributed by atoms with Gasteiger partial charge >= 0.3 is 5.97 Å². The molecule has 0 spiro atoms. The number of esters is 1. The van der Waals surface area contributed by atoms with E-state index in [9.17, 15) is 4.79 Å². The first-order valence-corrected chi connectivity index (χ1v) is 7.93. The molecule has 0 aromatic heterocycles.